The van der Waals surface area contributed by atoms with Gasteiger partial charge in [-0.05, 0) is 80.3 Å². The molecule has 0 bridgehead atoms. The van der Waals surface area contributed by atoms with E-state index in [1.54, 1.807) is 0 Å². The first-order valence-electron chi connectivity index (χ1n) is 10.9. The fraction of sp³-hybridized carbons (Fsp3) is 0.480. The van der Waals surface area contributed by atoms with E-state index in [1.807, 2.05) is 25.1 Å². The molecule has 4 heteroatoms. The molecule has 2 aromatic rings. The third-order valence-corrected chi connectivity index (χ3v) is 5.97. The molecule has 0 aliphatic heterocycles. The van der Waals surface area contributed by atoms with Crippen LogP contribution in [0.1, 0.15) is 74.6 Å². The lowest BCUT2D eigenvalue weighted by molar-refractivity contribution is 0.207. The van der Waals surface area contributed by atoms with Crippen molar-refractivity contribution < 1.29 is 9.53 Å². The van der Waals surface area contributed by atoms with E-state index in [9.17, 15) is 4.79 Å². The number of aryl methyl sites for hydroxylation is 4. The van der Waals surface area contributed by atoms with Crippen molar-refractivity contribution in [3.63, 3.8) is 0 Å². The molecule has 0 saturated carbocycles. The number of hydrogen-bond acceptors (Lipinski definition) is 3. The molecule has 0 aromatic heterocycles. The number of hydrogen-bond donors (Lipinski definition) is 1. The quantitative estimate of drug-likeness (QED) is 0.305. The van der Waals surface area contributed by atoms with Crippen molar-refractivity contribution in [3.8, 4) is 5.75 Å². The summed E-state index contributed by atoms with van der Waals surface area (Å²) < 4.78 is 8.49. The fourth-order valence-corrected chi connectivity index (χ4v) is 3.95. The normalized spacial score (nSPS) is 10.8. The monoisotopic (exact) mass is 413 g/mol. The third kappa shape index (κ3) is 8.14. The maximum Gasteiger partial charge on any atom is 0.422 e. The van der Waals surface area contributed by atoms with E-state index < -0.39 is 6.09 Å². The summed E-state index contributed by atoms with van der Waals surface area (Å²) in [4.78, 5) is 13.4. The average Bonchev–Trinajstić information content (AvgIpc) is 2.69. The van der Waals surface area contributed by atoms with Crippen LogP contribution in [0.4, 0.5) is 4.79 Å². The van der Waals surface area contributed by atoms with Gasteiger partial charge in [-0.2, -0.15) is 0 Å². The SMILES string of the molecule is CCCCCc1ccc(OC(=O)NSc2ccc(C)cc2C)c(CCCCC)c1. The molecule has 0 unspecified atom stereocenters. The Hall–Kier alpha value is -1.94. The average molecular weight is 414 g/mol. The molecule has 0 atom stereocenters. The van der Waals surface area contributed by atoms with Gasteiger partial charge >= 0.3 is 6.09 Å². The van der Waals surface area contributed by atoms with Gasteiger partial charge in [-0.1, -0.05) is 69.4 Å². The van der Waals surface area contributed by atoms with Crippen molar-refractivity contribution in [3.05, 3.63) is 58.7 Å². The van der Waals surface area contributed by atoms with Crippen molar-refractivity contribution >= 4 is 18.0 Å². The first-order chi connectivity index (χ1) is 14.0. The van der Waals surface area contributed by atoms with Crippen LogP contribution in [0.3, 0.4) is 0 Å². The van der Waals surface area contributed by atoms with Gasteiger partial charge in [0.15, 0.2) is 0 Å². The van der Waals surface area contributed by atoms with E-state index in [1.165, 1.54) is 55.2 Å². The highest BCUT2D eigenvalue weighted by molar-refractivity contribution is 7.98. The molecule has 0 heterocycles. The summed E-state index contributed by atoms with van der Waals surface area (Å²) in [6.07, 6.45) is 8.78. The van der Waals surface area contributed by atoms with Gasteiger partial charge in [0.05, 0.1) is 0 Å². The fourth-order valence-electron chi connectivity index (χ4n) is 3.36. The predicted octanol–water partition coefficient (Wildman–Crippen LogP) is 7.56. The molecular formula is C25H35NO2S. The molecule has 0 saturated heterocycles. The summed E-state index contributed by atoms with van der Waals surface area (Å²) in [6, 6.07) is 12.5. The predicted molar refractivity (Wildman–Crippen MR) is 124 cm³/mol. The molecule has 2 rings (SSSR count). The lowest BCUT2D eigenvalue weighted by atomic mass is 10.0. The molecule has 1 amide bonds. The minimum absolute atomic E-state index is 0.426. The van der Waals surface area contributed by atoms with E-state index in [0.717, 1.165) is 35.3 Å². The van der Waals surface area contributed by atoms with E-state index in [-0.39, 0.29) is 0 Å². The van der Waals surface area contributed by atoms with Crippen LogP contribution in [0.5, 0.6) is 5.75 Å². The Bertz CT molecular complexity index is 788. The van der Waals surface area contributed by atoms with Gasteiger partial charge in [0.2, 0.25) is 0 Å². The Labute approximate surface area is 180 Å². The maximum atomic E-state index is 12.4. The summed E-state index contributed by atoms with van der Waals surface area (Å²) in [5, 5.41) is 0. The largest absolute Gasteiger partial charge is 0.422 e. The number of ether oxygens (including phenoxy) is 1. The van der Waals surface area contributed by atoms with Crippen molar-refractivity contribution in [2.45, 2.75) is 84.0 Å². The first-order valence-corrected chi connectivity index (χ1v) is 11.7. The van der Waals surface area contributed by atoms with Crippen LogP contribution in [0.15, 0.2) is 41.3 Å². The molecule has 158 valence electrons. The molecule has 2 aromatic carbocycles. The smallest absolute Gasteiger partial charge is 0.409 e. The molecule has 0 aliphatic carbocycles. The molecule has 3 nitrogen and oxygen atoms in total. The minimum atomic E-state index is -0.426. The second kappa shape index (κ2) is 12.6. The number of benzene rings is 2. The van der Waals surface area contributed by atoms with Gasteiger partial charge < -0.3 is 4.74 Å². The Balaban J connectivity index is 2.01. The minimum Gasteiger partial charge on any atom is -0.409 e. The maximum absolute atomic E-state index is 12.4. The number of nitrogens with one attached hydrogen (secondary N) is 1. The second-order valence-corrected chi connectivity index (χ2v) is 8.57. The van der Waals surface area contributed by atoms with Crippen molar-refractivity contribution in [1.29, 1.82) is 0 Å². The third-order valence-electron chi connectivity index (χ3n) is 5.02. The number of unbranched alkanes of at least 4 members (excludes halogenated alkanes) is 4. The summed E-state index contributed by atoms with van der Waals surface area (Å²) >= 11 is 1.30. The summed E-state index contributed by atoms with van der Waals surface area (Å²) in [5.74, 6) is 0.680. The lowest BCUT2D eigenvalue weighted by Crippen LogP contribution is -2.21. The van der Waals surface area contributed by atoms with Gasteiger partial charge in [-0.25, -0.2) is 4.79 Å². The molecule has 0 spiro atoms. The highest BCUT2D eigenvalue weighted by atomic mass is 32.2. The van der Waals surface area contributed by atoms with E-state index >= 15 is 0 Å². The Kier molecular flexibility index (Phi) is 10.1. The number of carbonyl (C=O) groups is 1. The van der Waals surface area contributed by atoms with E-state index in [2.05, 4.69) is 43.7 Å². The van der Waals surface area contributed by atoms with Crippen LogP contribution in [0.25, 0.3) is 0 Å². The van der Waals surface area contributed by atoms with Gasteiger partial charge in [0, 0.05) is 4.90 Å². The zero-order valence-corrected chi connectivity index (χ0v) is 19.2. The summed E-state index contributed by atoms with van der Waals surface area (Å²) in [7, 11) is 0. The van der Waals surface area contributed by atoms with Crippen LogP contribution in [0.2, 0.25) is 0 Å². The number of rotatable bonds is 11. The van der Waals surface area contributed by atoms with Crippen molar-refractivity contribution in [1.82, 2.24) is 4.72 Å². The summed E-state index contributed by atoms with van der Waals surface area (Å²) in [6.45, 7) is 8.54. The molecule has 0 fully saturated rings. The van der Waals surface area contributed by atoms with Gasteiger partial charge in [0.1, 0.15) is 5.75 Å². The molecule has 29 heavy (non-hydrogen) atoms. The highest BCUT2D eigenvalue weighted by Crippen LogP contribution is 2.25. The van der Waals surface area contributed by atoms with Crippen LogP contribution < -0.4 is 9.46 Å². The molecule has 1 N–H and O–H groups in total. The number of amides is 1. The van der Waals surface area contributed by atoms with E-state index in [4.69, 9.17) is 4.74 Å². The number of carbonyl (C=O) groups excluding carboxylic acids is 1. The lowest BCUT2D eigenvalue weighted by Gasteiger charge is -2.13. The van der Waals surface area contributed by atoms with Crippen LogP contribution in [-0.2, 0) is 12.8 Å². The Morgan fingerprint density at radius 2 is 1.66 bits per heavy atom. The van der Waals surface area contributed by atoms with Gasteiger partial charge in [0.25, 0.3) is 0 Å². The standard InChI is InChI=1S/C25H35NO2S/c1-5-7-9-11-21-14-15-23(22(18-21)12-10-8-6-2)28-25(27)26-29-24-16-13-19(3)17-20(24)4/h13-18H,5-12H2,1-4H3,(H,26,27). The van der Waals surface area contributed by atoms with Crippen molar-refractivity contribution in [2.75, 3.05) is 0 Å². The van der Waals surface area contributed by atoms with Crippen molar-refractivity contribution in [2.24, 2.45) is 0 Å². The Morgan fingerprint density at radius 1 is 0.931 bits per heavy atom. The zero-order chi connectivity index (χ0) is 21.1. The van der Waals surface area contributed by atoms with Crippen LogP contribution >= 0.6 is 11.9 Å². The molecule has 0 radical (unpaired) electrons. The van der Waals surface area contributed by atoms with Gasteiger partial charge in [-0.3, -0.25) is 4.72 Å². The second-order valence-electron chi connectivity index (χ2n) is 7.72. The first kappa shape index (κ1) is 23.3. The molecular weight excluding hydrogens is 378 g/mol. The van der Waals surface area contributed by atoms with Gasteiger partial charge in [-0.15, -0.1) is 0 Å². The van der Waals surface area contributed by atoms with Crippen LogP contribution in [0, 0.1) is 13.8 Å². The highest BCUT2D eigenvalue weighted by Gasteiger charge is 2.11. The zero-order valence-electron chi connectivity index (χ0n) is 18.3. The van der Waals surface area contributed by atoms with Crippen LogP contribution in [-0.4, -0.2) is 6.09 Å². The van der Waals surface area contributed by atoms with E-state index in [0.29, 0.717) is 5.75 Å². The summed E-state index contributed by atoms with van der Waals surface area (Å²) in [5.41, 5.74) is 4.83. The molecule has 0 aliphatic rings. The Morgan fingerprint density at radius 3 is 2.34 bits per heavy atom. The topological polar surface area (TPSA) is 38.3 Å².